The second-order valence-corrected chi connectivity index (χ2v) is 7.87. The van der Waals surface area contributed by atoms with Gasteiger partial charge in [-0.2, -0.15) is 5.26 Å². The van der Waals surface area contributed by atoms with Crippen LogP contribution in [-0.2, 0) is 20.7 Å². The second-order valence-electron chi connectivity index (χ2n) is 7.01. The van der Waals surface area contributed by atoms with Crippen molar-refractivity contribution in [2.45, 2.75) is 44.1 Å². The SMILES string of the molecule is COc1ccc(-c2nc(CC(=O)OCC(=O)NC3(C#N)CCCCC3)cs2)cc1. The molecule has 1 aliphatic rings. The van der Waals surface area contributed by atoms with Gasteiger partial charge in [0.05, 0.1) is 25.3 Å². The summed E-state index contributed by atoms with van der Waals surface area (Å²) in [5.41, 5.74) is 0.695. The van der Waals surface area contributed by atoms with Gasteiger partial charge in [0, 0.05) is 10.9 Å². The number of rotatable bonds is 7. The summed E-state index contributed by atoms with van der Waals surface area (Å²) >= 11 is 1.43. The smallest absolute Gasteiger partial charge is 0.312 e. The van der Waals surface area contributed by atoms with Crippen LogP contribution in [0, 0.1) is 11.3 Å². The fourth-order valence-electron chi connectivity index (χ4n) is 3.32. The lowest BCUT2D eigenvalue weighted by molar-refractivity contribution is -0.148. The van der Waals surface area contributed by atoms with Crippen LogP contribution in [0.3, 0.4) is 0 Å². The molecule has 7 nitrogen and oxygen atoms in total. The topological polar surface area (TPSA) is 101 Å². The van der Waals surface area contributed by atoms with Crippen molar-refractivity contribution in [3.05, 3.63) is 35.3 Å². The molecule has 1 heterocycles. The predicted molar refractivity (Wildman–Crippen MR) is 108 cm³/mol. The van der Waals surface area contributed by atoms with Crippen molar-refractivity contribution in [2.24, 2.45) is 0 Å². The summed E-state index contributed by atoms with van der Waals surface area (Å²) in [6.45, 7) is -0.391. The molecule has 0 aliphatic heterocycles. The fourth-order valence-corrected chi connectivity index (χ4v) is 4.15. The molecule has 1 fully saturated rings. The minimum Gasteiger partial charge on any atom is -0.497 e. The van der Waals surface area contributed by atoms with E-state index in [9.17, 15) is 14.9 Å². The summed E-state index contributed by atoms with van der Waals surface area (Å²) < 4.78 is 10.2. The van der Waals surface area contributed by atoms with Crippen molar-refractivity contribution in [2.75, 3.05) is 13.7 Å². The third-order valence-electron chi connectivity index (χ3n) is 4.88. The van der Waals surface area contributed by atoms with E-state index in [1.807, 2.05) is 24.3 Å². The highest BCUT2D eigenvalue weighted by Crippen LogP contribution is 2.28. The van der Waals surface area contributed by atoms with E-state index in [2.05, 4.69) is 16.4 Å². The van der Waals surface area contributed by atoms with Crippen LogP contribution in [0.5, 0.6) is 5.75 Å². The summed E-state index contributed by atoms with van der Waals surface area (Å²) in [4.78, 5) is 28.6. The summed E-state index contributed by atoms with van der Waals surface area (Å²) in [6, 6.07) is 9.72. The number of benzene rings is 1. The van der Waals surface area contributed by atoms with E-state index in [0.717, 1.165) is 35.6 Å². The molecular weight excluding hydrogens is 390 g/mol. The van der Waals surface area contributed by atoms with Gasteiger partial charge in [0.25, 0.3) is 5.91 Å². The number of nitrogens with zero attached hydrogens (tertiary/aromatic N) is 2. The maximum absolute atomic E-state index is 12.1. The highest BCUT2D eigenvalue weighted by Gasteiger charge is 2.33. The Morgan fingerprint density at radius 1 is 1.24 bits per heavy atom. The summed E-state index contributed by atoms with van der Waals surface area (Å²) in [5, 5.41) is 14.7. The molecule has 1 amide bonds. The van der Waals surface area contributed by atoms with Crippen LogP contribution in [0.1, 0.15) is 37.8 Å². The zero-order chi connectivity index (χ0) is 20.7. The Morgan fingerprint density at radius 2 is 1.97 bits per heavy atom. The van der Waals surface area contributed by atoms with E-state index < -0.39 is 24.0 Å². The molecule has 1 aromatic carbocycles. The van der Waals surface area contributed by atoms with Crippen LogP contribution in [0.25, 0.3) is 10.6 Å². The Labute approximate surface area is 173 Å². The van der Waals surface area contributed by atoms with Crippen LogP contribution < -0.4 is 10.1 Å². The van der Waals surface area contributed by atoms with Gasteiger partial charge in [0.2, 0.25) is 0 Å². The van der Waals surface area contributed by atoms with Crippen molar-refractivity contribution in [1.29, 1.82) is 5.26 Å². The molecule has 8 heteroatoms. The molecule has 0 atom stereocenters. The van der Waals surface area contributed by atoms with Gasteiger partial charge in [-0.3, -0.25) is 9.59 Å². The molecule has 0 spiro atoms. The van der Waals surface area contributed by atoms with Crippen molar-refractivity contribution in [3.63, 3.8) is 0 Å². The van der Waals surface area contributed by atoms with Gasteiger partial charge in [0.1, 0.15) is 16.3 Å². The van der Waals surface area contributed by atoms with E-state index in [-0.39, 0.29) is 6.42 Å². The monoisotopic (exact) mass is 413 g/mol. The third-order valence-corrected chi connectivity index (χ3v) is 5.82. The van der Waals surface area contributed by atoms with E-state index in [1.165, 1.54) is 11.3 Å². The first-order valence-electron chi connectivity index (χ1n) is 9.50. The number of hydrogen-bond donors (Lipinski definition) is 1. The number of aromatic nitrogens is 1. The highest BCUT2D eigenvalue weighted by atomic mass is 32.1. The zero-order valence-electron chi connectivity index (χ0n) is 16.3. The number of methoxy groups -OCH3 is 1. The maximum atomic E-state index is 12.1. The standard InChI is InChI=1S/C21H23N3O4S/c1-27-17-7-5-15(6-8-17)20-23-16(13-29-20)11-19(26)28-12-18(25)24-21(14-22)9-3-2-4-10-21/h5-8,13H,2-4,9-12H2,1H3,(H,24,25). The van der Waals surface area contributed by atoms with Gasteiger partial charge in [-0.1, -0.05) is 19.3 Å². The summed E-state index contributed by atoms with van der Waals surface area (Å²) in [5.74, 6) is -0.209. The van der Waals surface area contributed by atoms with E-state index in [1.54, 1.807) is 12.5 Å². The van der Waals surface area contributed by atoms with Gasteiger partial charge >= 0.3 is 5.97 Å². The number of thiazole rings is 1. The molecule has 152 valence electrons. The first-order valence-corrected chi connectivity index (χ1v) is 10.4. The molecule has 0 bridgehead atoms. The first kappa shape index (κ1) is 20.8. The Hall–Kier alpha value is -2.92. The second kappa shape index (κ2) is 9.52. The number of carbonyl (C=O) groups is 2. The number of amides is 1. The van der Waals surface area contributed by atoms with E-state index in [0.29, 0.717) is 18.5 Å². The fraction of sp³-hybridized carbons (Fsp3) is 0.429. The highest BCUT2D eigenvalue weighted by molar-refractivity contribution is 7.13. The van der Waals surface area contributed by atoms with Crippen LogP contribution in [0.2, 0.25) is 0 Å². The predicted octanol–water partition coefficient (Wildman–Crippen LogP) is 3.25. The van der Waals surface area contributed by atoms with Gasteiger partial charge in [-0.05, 0) is 37.1 Å². The normalized spacial score (nSPS) is 15.2. The maximum Gasteiger partial charge on any atom is 0.312 e. The lowest BCUT2D eigenvalue weighted by Gasteiger charge is -2.31. The summed E-state index contributed by atoms with van der Waals surface area (Å²) in [7, 11) is 1.61. The van der Waals surface area contributed by atoms with Gasteiger partial charge < -0.3 is 14.8 Å². The van der Waals surface area contributed by atoms with Crippen LogP contribution >= 0.6 is 11.3 Å². The quantitative estimate of drug-likeness (QED) is 0.699. The zero-order valence-corrected chi connectivity index (χ0v) is 17.1. The molecular formula is C21H23N3O4S. The largest absolute Gasteiger partial charge is 0.497 e. The number of hydrogen-bond acceptors (Lipinski definition) is 7. The Balaban J connectivity index is 1.49. The first-order chi connectivity index (χ1) is 14.0. The van der Waals surface area contributed by atoms with Crippen molar-refractivity contribution in [3.8, 4) is 22.4 Å². The lowest BCUT2D eigenvalue weighted by Crippen LogP contribution is -2.50. The minimum absolute atomic E-state index is 0.0106. The lowest BCUT2D eigenvalue weighted by atomic mass is 9.83. The average Bonchev–Trinajstić information content (AvgIpc) is 3.21. The number of nitrogens with one attached hydrogen (secondary N) is 1. The molecule has 0 unspecified atom stereocenters. The Morgan fingerprint density at radius 3 is 2.62 bits per heavy atom. The average molecular weight is 413 g/mol. The molecule has 1 aromatic heterocycles. The Kier molecular flexibility index (Phi) is 6.83. The van der Waals surface area contributed by atoms with E-state index in [4.69, 9.17) is 9.47 Å². The number of ether oxygens (including phenoxy) is 2. The van der Waals surface area contributed by atoms with Gasteiger partial charge in [-0.15, -0.1) is 11.3 Å². The molecule has 29 heavy (non-hydrogen) atoms. The number of nitriles is 1. The van der Waals surface area contributed by atoms with Gasteiger partial charge in [0.15, 0.2) is 6.61 Å². The van der Waals surface area contributed by atoms with Crippen molar-refractivity contribution < 1.29 is 19.1 Å². The molecule has 2 aromatic rings. The van der Waals surface area contributed by atoms with E-state index >= 15 is 0 Å². The van der Waals surface area contributed by atoms with Crippen LogP contribution in [-0.4, -0.2) is 36.1 Å². The number of esters is 1. The molecule has 0 radical (unpaired) electrons. The van der Waals surface area contributed by atoms with Crippen LogP contribution in [0.4, 0.5) is 0 Å². The molecule has 3 rings (SSSR count). The summed E-state index contributed by atoms with van der Waals surface area (Å²) in [6.07, 6.45) is 4.15. The minimum atomic E-state index is -0.829. The molecule has 1 N–H and O–H groups in total. The molecule has 1 aliphatic carbocycles. The van der Waals surface area contributed by atoms with Gasteiger partial charge in [-0.25, -0.2) is 4.98 Å². The van der Waals surface area contributed by atoms with Crippen LogP contribution in [0.15, 0.2) is 29.6 Å². The number of carbonyl (C=O) groups excluding carboxylic acids is 2. The third kappa shape index (κ3) is 5.55. The van der Waals surface area contributed by atoms with Crippen molar-refractivity contribution in [1.82, 2.24) is 10.3 Å². The Bertz CT molecular complexity index is 895. The molecule has 0 saturated heterocycles. The molecule has 1 saturated carbocycles. The van der Waals surface area contributed by atoms with Crippen molar-refractivity contribution >= 4 is 23.2 Å².